The van der Waals surface area contributed by atoms with E-state index in [2.05, 4.69) is 10.3 Å². The van der Waals surface area contributed by atoms with Crippen LogP contribution in [0.3, 0.4) is 0 Å². The summed E-state index contributed by atoms with van der Waals surface area (Å²) in [4.78, 5) is 42.3. The number of benzene rings is 2. The van der Waals surface area contributed by atoms with E-state index in [4.69, 9.17) is 0 Å². The highest BCUT2D eigenvalue weighted by Gasteiger charge is 2.33. The lowest BCUT2D eigenvalue weighted by molar-refractivity contribution is -0.118. The Kier molecular flexibility index (Phi) is 4.24. The third-order valence-electron chi connectivity index (χ3n) is 4.85. The van der Waals surface area contributed by atoms with Gasteiger partial charge in [0, 0.05) is 35.2 Å². The predicted molar refractivity (Wildman–Crippen MR) is 103 cm³/mol. The summed E-state index contributed by atoms with van der Waals surface area (Å²) >= 11 is 0. The van der Waals surface area contributed by atoms with Crippen molar-refractivity contribution in [3.63, 3.8) is 0 Å². The number of ketones is 1. The smallest absolute Gasteiger partial charge is 0.292 e. The maximum Gasteiger partial charge on any atom is 0.292 e. The Bertz CT molecular complexity index is 1040. The van der Waals surface area contributed by atoms with Gasteiger partial charge in [-0.3, -0.25) is 14.4 Å². The average Bonchev–Trinajstić information content (AvgIpc) is 3.20. The third kappa shape index (κ3) is 3.10. The number of rotatable bonds is 4. The Morgan fingerprint density at radius 1 is 1.07 bits per heavy atom. The maximum atomic E-state index is 12.7. The van der Waals surface area contributed by atoms with E-state index in [-0.39, 0.29) is 18.4 Å². The zero-order valence-electron chi connectivity index (χ0n) is 14.9. The van der Waals surface area contributed by atoms with Crippen LogP contribution in [-0.4, -0.2) is 35.2 Å². The second-order valence-electron chi connectivity index (χ2n) is 6.71. The van der Waals surface area contributed by atoms with Crippen molar-refractivity contribution in [3.05, 3.63) is 65.9 Å². The highest BCUT2D eigenvalue weighted by Crippen LogP contribution is 2.23. The van der Waals surface area contributed by atoms with Crippen LogP contribution in [0, 0.1) is 6.92 Å². The van der Waals surface area contributed by atoms with Crippen molar-refractivity contribution in [1.82, 2.24) is 10.3 Å². The number of carbonyl (C=O) groups excluding carboxylic acids is 3. The van der Waals surface area contributed by atoms with E-state index in [1.807, 2.05) is 54.6 Å². The van der Waals surface area contributed by atoms with E-state index in [0.717, 1.165) is 16.6 Å². The van der Waals surface area contributed by atoms with Crippen molar-refractivity contribution in [2.75, 3.05) is 11.4 Å². The molecule has 1 saturated heterocycles. The van der Waals surface area contributed by atoms with Gasteiger partial charge < -0.3 is 15.2 Å². The number of nitrogens with zero attached hydrogens (tertiary/aromatic N) is 1. The van der Waals surface area contributed by atoms with Gasteiger partial charge in [-0.1, -0.05) is 36.4 Å². The Balaban J connectivity index is 1.50. The number of Topliss-reactive ketones (excluding diaryl/α,β-unsaturated/α-hetero) is 1. The van der Waals surface area contributed by atoms with E-state index in [9.17, 15) is 14.4 Å². The van der Waals surface area contributed by atoms with Gasteiger partial charge in [-0.05, 0) is 25.1 Å². The SMILES string of the molecule is Cc1[nH]c2ccccc2c1C(=O)C(=O)N[C@H]1CC(=O)N(c2ccccc2)C1. The van der Waals surface area contributed by atoms with Gasteiger partial charge in [0.2, 0.25) is 5.91 Å². The van der Waals surface area contributed by atoms with Crippen LogP contribution in [0.2, 0.25) is 0 Å². The Morgan fingerprint density at radius 3 is 2.56 bits per heavy atom. The van der Waals surface area contributed by atoms with Crippen LogP contribution in [0.15, 0.2) is 54.6 Å². The van der Waals surface area contributed by atoms with E-state index in [0.29, 0.717) is 17.8 Å². The largest absolute Gasteiger partial charge is 0.358 e. The fourth-order valence-electron chi connectivity index (χ4n) is 3.60. The summed E-state index contributed by atoms with van der Waals surface area (Å²) in [7, 11) is 0. The van der Waals surface area contributed by atoms with Crippen LogP contribution in [0.25, 0.3) is 10.9 Å². The Morgan fingerprint density at radius 2 is 1.78 bits per heavy atom. The molecule has 0 aliphatic carbocycles. The summed E-state index contributed by atoms with van der Waals surface area (Å²) in [6.07, 6.45) is 0.181. The Labute approximate surface area is 156 Å². The topological polar surface area (TPSA) is 82.3 Å². The first kappa shape index (κ1) is 17.0. The first-order valence-electron chi connectivity index (χ1n) is 8.82. The highest BCUT2D eigenvalue weighted by molar-refractivity contribution is 6.45. The molecule has 1 aliphatic heterocycles. The highest BCUT2D eigenvalue weighted by atomic mass is 16.2. The molecule has 136 valence electrons. The number of hydrogen-bond acceptors (Lipinski definition) is 3. The number of nitrogens with one attached hydrogen (secondary N) is 2. The zero-order valence-corrected chi connectivity index (χ0v) is 14.9. The Hall–Kier alpha value is -3.41. The summed E-state index contributed by atoms with van der Waals surface area (Å²) in [6, 6.07) is 16.3. The molecular formula is C21H19N3O3. The van der Waals surface area contributed by atoms with Crippen LogP contribution in [0.1, 0.15) is 22.5 Å². The minimum Gasteiger partial charge on any atom is -0.358 e. The molecular weight excluding hydrogens is 342 g/mol. The minimum absolute atomic E-state index is 0.0674. The number of para-hydroxylation sites is 2. The lowest BCUT2D eigenvalue weighted by atomic mass is 10.1. The van der Waals surface area contributed by atoms with E-state index >= 15 is 0 Å². The van der Waals surface area contributed by atoms with Gasteiger partial charge in [-0.25, -0.2) is 0 Å². The van der Waals surface area contributed by atoms with E-state index in [1.165, 1.54) is 0 Å². The molecule has 1 fully saturated rings. The van der Waals surface area contributed by atoms with E-state index < -0.39 is 11.7 Å². The molecule has 4 rings (SSSR count). The molecule has 1 aliphatic rings. The van der Waals surface area contributed by atoms with Crippen molar-refractivity contribution in [3.8, 4) is 0 Å². The standard InChI is InChI=1S/C21H19N3O3/c1-13-19(16-9-5-6-10-17(16)22-13)20(26)21(27)23-14-11-18(25)24(12-14)15-7-3-2-4-8-15/h2-10,14,22H,11-12H2,1H3,(H,23,27)/t14-/m0/s1. The molecule has 3 aromatic rings. The van der Waals surface area contributed by atoms with Gasteiger partial charge in [0.15, 0.2) is 0 Å². The molecule has 6 nitrogen and oxygen atoms in total. The molecule has 2 N–H and O–H groups in total. The molecule has 0 bridgehead atoms. The van der Waals surface area contributed by atoms with Crippen molar-refractivity contribution in [2.24, 2.45) is 0 Å². The molecule has 0 spiro atoms. The zero-order chi connectivity index (χ0) is 19.0. The second-order valence-corrected chi connectivity index (χ2v) is 6.71. The predicted octanol–water partition coefficient (Wildman–Crippen LogP) is 2.58. The first-order chi connectivity index (χ1) is 13.0. The minimum atomic E-state index is -0.685. The van der Waals surface area contributed by atoms with Crippen LogP contribution >= 0.6 is 0 Å². The molecule has 2 amide bonds. The molecule has 0 unspecified atom stereocenters. The molecule has 0 saturated carbocycles. The molecule has 1 atom stereocenters. The number of aromatic nitrogens is 1. The molecule has 27 heavy (non-hydrogen) atoms. The maximum absolute atomic E-state index is 12.7. The number of fused-ring (bicyclic) bond motifs is 1. The number of amides is 2. The normalized spacial score (nSPS) is 16.7. The van der Waals surface area contributed by atoms with Gasteiger partial charge in [0.25, 0.3) is 11.7 Å². The summed E-state index contributed by atoms with van der Waals surface area (Å²) < 4.78 is 0. The number of aromatic amines is 1. The summed E-state index contributed by atoms with van der Waals surface area (Å²) in [5.41, 5.74) is 2.65. The number of aryl methyl sites for hydroxylation is 1. The van der Waals surface area contributed by atoms with Crippen LogP contribution in [0.4, 0.5) is 5.69 Å². The van der Waals surface area contributed by atoms with Crippen molar-refractivity contribution in [1.29, 1.82) is 0 Å². The lowest BCUT2D eigenvalue weighted by Gasteiger charge is -2.17. The van der Waals surface area contributed by atoms with Gasteiger partial charge in [0.05, 0.1) is 11.6 Å². The molecule has 6 heteroatoms. The molecule has 2 aromatic carbocycles. The number of hydrogen-bond donors (Lipinski definition) is 2. The third-order valence-corrected chi connectivity index (χ3v) is 4.85. The lowest BCUT2D eigenvalue weighted by Crippen LogP contribution is -2.41. The second kappa shape index (κ2) is 6.72. The van der Waals surface area contributed by atoms with Crippen molar-refractivity contribution >= 4 is 34.2 Å². The fraction of sp³-hybridized carbons (Fsp3) is 0.190. The molecule has 2 heterocycles. The van der Waals surface area contributed by atoms with Crippen LogP contribution < -0.4 is 10.2 Å². The number of carbonyl (C=O) groups is 3. The van der Waals surface area contributed by atoms with Crippen molar-refractivity contribution < 1.29 is 14.4 Å². The van der Waals surface area contributed by atoms with Crippen LogP contribution in [0.5, 0.6) is 0 Å². The summed E-state index contributed by atoms with van der Waals surface area (Å²) in [6.45, 7) is 2.13. The quantitative estimate of drug-likeness (QED) is 0.553. The number of H-pyrrole nitrogens is 1. The molecule has 1 aromatic heterocycles. The van der Waals surface area contributed by atoms with Gasteiger partial charge in [0.1, 0.15) is 0 Å². The number of anilines is 1. The van der Waals surface area contributed by atoms with Gasteiger partial charge >= 0.3 is 0 Å². The summed E-state index contributed by atoms with van der Waals surface area (Å²) in [5.74, 6) is -1.34. The van der Waals surface area contributed by atoms with Crippen LogP contribution in [-0.2, 0) is 9.59 Å². The summed E-state index contributed by atoms with van der Waals surface area (Å²) in [5, 5.41) is 3.45. The van der Waals surface area contributed by atoms with Crippen molar-refractivity contribution in [2.45, 2.75) is 19.4 Å². The first-order valence-corrected chi connectivity index (χ1v) is 8.82. The fourth-order valence-corrected chi connectivity index (χ4v) is 3.60. The van der Waals surface area contributed by atoms with E-state index in [1.54, 1.807) is 11.8 Å². The van der Waals surface area contributed by atoms with Gasteiger partial charge in [-0.15, -0.1) is 0 Å². The molecule has 0 radical (unpaired) electrons. The van der Waals surface area contributed by atoms with Gasteiger partial charge in [-0.2, -0.15) is 0 Å². The average molecular weight is 361 g/mol. The monoisotopic (exact) mass is 361 g/mol.